The molecular weight excluding hydrogens is 348 g/mol. The van der Waals surface area contributed by atoms with Gasteiger partial charge in [-0.2, -0.15) is 19.7 Å². The highest BCUT2D eigenvalue weighted by Gasteiger charge is 2.30. The number of amides is 1. The van der Waals surface area contributed by atoms with E-state index in [-0.39, 0.29) is 5.91 Å². The molecule has 1 atom stereocenters. The van der Waals surface area contributed by atoms with Crippen LogP contribution >= 0.6 is 23.1 Å². The van der Waals surface area contributed by atoms with Crippen molar-refractivity contribution in [1.82, 2.24) is 29.7 Å². The zero-order chi connectivity index (χ0) is 16.5. The van der Waals surface area contributed by atoms with Gasteiger partial charge in [-0.3, -0.25) is 9.89 Å². The minimum absolute atomic E-state index is 0.0473. The predicted molar refractivity (Wildman–Crippen MR) is 90.0 cm³/mol. The standard InChI is InChI=1S/C15H13ClN6OS/c16-14-6-13(24-21-14)10-2-4-22(8-10)15(23)12-5-11(19-20-12)9-1-3-17-18-7-9/h1,3,5-7,10H,2,4,8H2,(H,19,20). The highest BCUT2D eigenvalue weighted by Crippen LogP contribution is 2.32. The lowest BCUT2D eigenvalue weighted by atomic mass is 10.1. The first-order chi connectivity index (χ1) is 11.7. The summed E-state index contributed by atoms with van der Waals surface area (Å²) in [6.45, 7) is 1.38. The normalized spacial score (nSPS) is 17.4. The summed E-state index contributed by atoms with van der Waals surface area (Å²) in [4.78, 5) is 15.6. The monoisotopic (exact) mass is 360 g/mol. The topological polar surface area (TPSA) is 87.7 Å². The third-order valence-electron chi connectivity index (χ3n) is 4.07. The number of carbonyl (C=O) groups excluding carboxylic acids is 1. The Balaban J connectivity index is 1.48. The second-order valence-corrected chi connectivity index (χ2v) is 6.81. The van der Waals surface area contributed by atoms with E-state index in [1.807, 2.05) is 11.0 Å². The van der Waals surface area contributed by atoms with E-state index >= 15 is 0 Å². The Hall–Kier alpha value is -2.32. The van der Waals surface area contributed by atoms with Gasteiger partial charge in [0.1, 0.15) is 10.8 Å². The molecule has 0 aromatic carbocycles. The van der Waals surface area contributed by atoms with Crippen LogP contribution in [0.2, 0.25) is 5.15 Å². The van der Waals surface area contributed by atoms with Gasteiger partial charge in [-0.15, -0.1) is 0 Å². The lowest BCUT2D eigenvalue weighted by molar-refractivity contribution is 0.0785. The van der Waals surface area contributed by atoms with Crippen LogP contribution in [0, 0.1) is 0 Å². The van der Waals surface area contributed by atoms with Gasteiger partial charge in [0.2, 0.25) is 0 Å². The van der Waals surface area contributed by atoms with Crippen LogP contribution < -0.4 is 0 Å². The van der Waals surface area contributed by atoms with Crippen molar-refractivity contribution >= 4 is 29.0 Å². The van der Waals surface area contributed by atoms with Crippen LogP contribution in [-0.4, -0.2) is 48.7 Å². The molecule has 1 saturated heterocycles. The average molecular weight is 361 g/mol. The Morgan fingerprint density at radius 2 is 2.29 bits per heavy atom. The van der Waals surface area contributed by atoms with Gasteiger partial charge in [0.15, 0.2) is 0 Å². The highest BCUT2D eigenvalue weighted by molar-refractivity contribution is 7.06. The first-order valence-corrected chi connectivity index (χ1v) is 8.60. The minimum Gasteiger partial charge on any atom is -0.337 e. The smallest absolute Gasteiger partial charge is 0.271 e. The molecule has 0 aliphatic carbocycles. The van der Waals surface area contributed by atoms with Gasteiger partial charge in [0.05, 0.1) is 18.1 Å². The molecule has 1 unspecified atom stereocenters. The summed E-state index contributed by atoms with van der Waals surface area (Å²) >= 11 is 7.30. The number of hydrogen-bond acceptors (Lipinski definition) is 6. The predicted octanol–water partition coefficient (Wildman–Crippen LogP) is 2.61. The first-order valence-electron chi connectivity index (χ1n) is 7.44. The minimum atomic E-state index is -0.0473. The number of H-pyrrole nitrogens is 1. The molecule has 24 heavy (non-hydrogen) atoms. The SMILES string of the molecule is O=C(c1cc(-c2ccnnc2)n[nH]1)N1CCC(c2cc(Cl)ns2)C1. The van der Waals surface area contributed by atoms with E-state index in [0.717, 1.165) is 16.9 Å². The number of rotatable bonds is 3. The summed E-state index contributed by atoms with van der Waals surface area (Å²) < 4.78 is 4.10. The van der Waals surface area contributed by atoms with E-state index in [1.54, 1.807) is 24.5 Å². The van der Waals surface area contributed by atoms with E-state index in [1.165, 1.54) is 11.5 Å². The molecule has 0 saturated carbocycles. The zero-order valence-electron chi connectivity index (χ0n) is 12.5. The molecule has 4 heterocycles. The Labute approximate surface area is 146 Å². The van der Waals surface area contributed by atoms with Crippen LogP contribution in [0.4, 0.5) is 0 Å². The highest BCUT2D eigenvalue weighted by atomic mass is 35.5. The molecule has 0 spiro atoms. The van der Waals surface area contributed by atoms with Crippen LogP contribution in [0.1, 0.15) is 27.7 Å². The molecule has 1 aliphatic rings. The molecule has 9 heteroatoms. The van der Waals surface area contributed by atoms with Crippen molar-refractivity contribution < 1.29 is 4.79 Å². The van der Waals surface area contributed by atoms with Gasteiger partial charge < -0.3 is 4.90 Å². The number of aromatic nitrogens is 5. The maximum Gasteiger partial charge on any atom is 0.271 e. The second-order valence-electron chi connectivity index (χ2n) is 5.59. The molecule has 122 valence electrons. The van der Waals surface area contributed by atoms with Crippen molar-refractivity contribution in [2.24, 2.45) is 0 Å². The molecule has 1 fully saturated rings. The quantitative estimate of drug-likeness (QED) is 0.775. The summed E-state index contributed by atoms with van der Waals surface area (Å²) in [5.74, 6) is 0.250. The number of likely N-dealkylation sites (tertiary alicyclic amines) is 1. The molecule has 1 N–H and O–H groups in total. The van der Waals surface area contributed by atoms with Crippen molar-refractivity contribution in [3.63, 3.8) is 0 Å². The van der Waals surface area contributed by atoms with Crippen LogP contribution in [0.5, 0.6) is 0 Å². The van der Waals surface area contributed by atoms with Gasteiger partial charge in [-0.05, 0) is 36.2 Å². The van der Waals surface area contributed by atoms with Crippen LogP contribution in [-0.2, 0) is 0 Å². The van der Waals surface area contributed by atoms with Gasteiger partial charge in [0.25, 0.3) is 5.91 Å². The van der Waals surface area contributed by atoms with Gasteiger partial charge >= 0.3 is 0 Å². The number of aromatic amines is 1. The third-order valence-corrected chi connectivity index (χ3v) is 5.31. The second kappa shape index (κ2) is 6.29. The molecular formula is C15H13ClN6OS. The van der Waals surface area contributed by atoms with Crippen molar-refractivity contribution in [3.8, 4) is 11.3 Å². The molecule has 0 bridgehead atoms. The number of hydrogen-bond donors (Lipinski definition) is 1. The molecule has 3 aromatic heterocycles. The first kappa shape index (κ1) is 15.2. The van der Waals surface area contributed by atoms with Crippen LogP contribution in [0.25, 0.3) is 11.3 Å². The largest absolute Gasteiger partial charge is 0.337 e. The van der Waals surface area contributed by atoms with E-state index < -0.39 is 0 Å². The Morgan fingerprint density at radius 3 is 3.04 bits per heavy atom. The summed E-state index contributed by atoms with van der Waals surface area (Å²) in [7, 11) is 0. The summed E-state index contributed by atoms with van der Waals surface area (Å²) in [6, 6.07) is 5.43. The van der Waals surface area contributed by atoms with Gasteiger partial charge in [-0.25, -0.2) is 0 Å². The molecule has 1 aliphatic heterocycles. The van der Waals surface area contributed by atoms with Gasteiger partial charge in [-0.1, -0.05) is 11.6 Å². The zero-order valence-corrected chi connectivity index (χ0v) is 14.1. The molecule has 4 rings (SSSR count). The Kier molecular flexibility index (Phi) is 3.99. The number of halogens is 1. The van der Waals surface area contributed by atoms with E-state index in [4.69, 9.17) is 11.6 Å². The fourth-order valence-electron chi connectivity index (χ4n) is 2.83. The summed E-state index contributed by atoms with van der Waals surface area (Å²) in [5.41, 5.74) is 1.97. The van der Waals surface area contributed by atoms with Crippen molar-refractivity contribution in [1.29, 1.82) is 0 Å². The lowest BCUT2D eigenvalue weighted by Crippen LogP contribution is -2.28. The van der Waals surface area contributed by atoms with Crippen molar-refractivity contribution in [2.45, 2.75) is 12.3 Å². The Bertz CT molecular complexity index is 864. The van der Waals surface area contributed by atoms with Gasteiger partial charge in [0, 0.05) is 29.4 Å². The molecule has 3 aromatic rings. The Morgan fingerprint density at radius 1 is 1.38 bits per heavy atom. The number of carbonyl (C=O) groups is 1. The number of nitrogens with zero attached hydrogens (tertiary/aromatic N) is 5. The lowest BCUT2D eigenvalue weighted by Gasteiger charge is -2.14. The van der Waals surface area contributed by atoms with Crippen molar-refractivity contribution in [2.75, 3.05) is 13.1 Å². The number of nitrogens with one attached hydrogen (secondary N) is 1. The average Bonchev–Trinajstić information content (AvgIpc) is 3.35. The maximum atomic E-state index is 12.7. The summed E-state index contributed by atoms with van der Waals surface area (Å²) in [5, 5.41) is 15.1. The van der Waals surface area contributed by atoms with E-state index in [2.05, 4.69) is 24.8 Å². The summed E-state index contributed by atoms with van der Waals surface area (Å²) in [6.07, 6.45) is 4.13. The van der Waals surface area contributed by atoms with E-state index in [9.17, 15) is 4.79 Å². The van der Waals surface area contributed by atoms with Crippen LogP contribution in [0.3, 0.4) is 0 Å². The van der Waals surface area contributed by atoms with Crippen molar-refractivity contribution in [3.05, 3.63) is 46.3 Å². The van der Waals surface area contributed by atoms with Crippen LogP contribution in [0.15, 0.2) is 30.6 Å². The fourth-order valence-corrected chi connectivity index (χ4v) is 3.86. The molecule has 0 radical (unpaired) electrons. The maximum absolute atomic E-state index is 12.7. The molecule has 7 nitrogen and oxygen atoms in total. The van der Waals surface area contributed by atoms with E-state index in [0.29, 0.717) is 35.5 Å². The molecule has 1 amide bonds. The fraction of sp³-hybridized carbons (Fsp3) is 0.267. The third kappa shape index (κ3) is 2.90.